The molecule has 9 nitrogen and oxygen atoms in total. The van der Waals surface area contributed by atoms with Crippen LogP contribution in [0.5, 0.6) is 5.75 Å². The second kappa shape index (κ2) is 9.27. The van der Waals surface area contributed by atoms with Crippen molar-refractivity contribution < 1.29 is 37.0 Å². The minimum atomic E-state index is -4.45. The summed E-state index contributed by atoms with van der Waals surface area (Å²) in [7, 11) is -2.32. The van der Waals surface area contributed by atoms with Crippen molar-refractivity contribution in [2.24, 2.45) is 0 Å². The van der Waals surface area contributed by atoms with Gasteiger partial charge < -0.3 is 14.2 Å². The fourth-order valence-electron chi connectivity index (χ4n) is 4.05. The van der Waals surface area contributed by atoms with Crippen LogP contribution >= 0.6 is 0 Å². The minimum absolute atomic E-state index is 0.121. The highest BCUT2D eigenvalue weighted by atomic mass is 32.2. The van der Waals surface area contributed by atoms with Crippen LogP contribution in [0.1, 0.15) is 41.3 Å². The Hall–Kier alpha value is -3.92. The quantitative estimate of drug-likeness (QED) is 0.562. The van der Waals surface area contributed by atoms with E-state index in [9.17, 15) is 22.8 Å². The zero-order valence-electron chi connectivity index (χ0n) is 20.4. The molecule has 2 aliphatic heterocycles. The van der Waals surface area contributed by atoms with Gasteiger partial charge in [0.05, 0.1) is 30.3 Å². The van der Waals surface area contributed by atoms with Crippen molar-refractivity contribution in [1.29, 1.82) is 0 Å². The molecular weight excluding hydrogens is 486 g/mol. The van der Waals surface area contributed by atoms with Gasteiger partial charge in [-0.1, -0.05) is 37.6 Å². The van der Waals surface area contributed by atoms with Gasteiger partial charge in [-0.3, -0.25) is 4.79 Å². The number of methoxy groups -OCH3 is 2. The first-order chi connectivity index (χ1) is 17.0. The van der Waals surface area contributed by atoms with Crippen LogP contribution in [0, 0.1) is 6.92 Å². The van der Waals surface area contributed by atoms with E-state index in [1.165, 1.54) is 12.1 Å². The molecule has 0 N–H and O–H groups in total. The first kappa shape index (κ1) is 25.2. The predicted octanol–water partition coefficient (Wildman–Crippen LogP) is 3.25. The van der Waals surface area contributed by atoms with Gasteiger partial charge in [0, 0.05) is 6.20 Å². The van der Waals surface area contributed by atoms with Crippen molar-refractivity contribution in [3.05, 3.63) is 82.2 Å². The number of ether oxygens (including phenoxy) is 3. The zero-order chi connectivity index (χ0) is 26.4. The number of carbonyl (C=O) groups excluding carboxylic acids is 3. The maximum atomic E-state index is 13.7. The van der Waals surface area contributed by atoms with Gasteiger partial charge in [0.1, 0.15) is 11.3 Å². The van der Waals surface area contributed by atoms with Crippen molar-refractivity contribution in [3.63, 3.8) is 0 Å². The third-order valence-electron chi connectivity index (χ3n) is 6.06. The molecule has 0 radical (unpaired) electrons. The lowest BCUT2D eigenvalue weighted by molar-refractivity contribution is -0.141. The summed E-state index contributed by atoms with van der Waals surface area (Å²) in [4.78, 5) is 39.3. The van der Waals surface area contributed by atoms with Crippen molar-refractivity contribution in [2.45, 2.75) is 37.7 Å². The predicted molar refractivity (Wildman–Crippen MR) is 129 cm³/mol. The van der Waals surface area contributed by atoms with Crippen molar-refractivity contribution in [2.75, 3.05) is 14.2 Å². The second-order valence-electron chi connectivity index (χ2n) is 8.68. The first-order valence-electron chi connectivity index (χ1n) is 11.1. The Morgan fingerprint density at radius 2 is 1.64 bits per heavy atom. The summed E-state index contributed by atoms with van der Waals surface area (Å²) in [5.74, 6) is -2.36. The molecule has 0 saturated carbocycles. The van der Waals surface area contributed by atoms with E-state index in [0.717, 1.165) is 31.5 Å². The Labute approximate surface area is 209 Å². The Balaban J connectivity index is 1.99. The number of aryl methyl sites for hydroxylation is 1. The number of benzene rings is 2. The van der Waals surface area contributed by atoms with Crippen LogP contribution in [0.2, 0.25) is 0 Å². The Kier molecular flexibility index (Phi) is 6.48. The van der Waals surface area contributed by atoms with E-state index in [1.807, 2.05) is 13.8 Å². The van der Waals surface area contributed by atoms with Gasteiger partial charge >= 0.3 is 11.9 Å². The smallest absolute Gasteiger partial charge is 0.356 e. The number of hydrogen-bond acceptors (Lipinski definition) is 8. The summed E-state index contributed by atoms with van der Waals surface area (Å²) in [6.07, 6.45) is -0.354. The van der Waals surface area contributed by atoms with Gasteiger partial charge in [-0.15, -0.1) is 0 Å². The molecule has 4 rings (SSSR count). The molecule has 2 aromatic rings. The van der Waals surface area contributed by atoms with Crippen molar-refractivity contribution in [1.82, 2.24) is 4.31 Å². The van der Waals surface area contributed by atoms with E-state index >= 15 is 0 Å². The molecule has 0 bridgehead atoms. The second-order valence-corrected chi connectivity index (χ2v) is 10.5. The summed E-state index contributed by atoms with van der Waals surface area (Å²) in [5.41, 5.74) is 0.717. The average molecular weight is 512 g/mol. The van der Waals surface area contributed by atoms with Crippen molar-refractivity contribution >= 4 is 27.7 Å². The molecule has 1 atom stereocenters. The third-order valence-corrected chi connectivity index (χ3v) is 7.73. The van der Waals surface area contributed by atoms with E-state index in [-0.39, 0.29) is 27.7 Å². The number of carbonyl (C=O) groups is 3. The van der Waals surface area contributed by atoms with E-state index in [0.29, 0.717) is 4.31 Å². The van der Waals surface area contributed by atoms with Crippen LogP contribution in [0.15, 0.2) is 70.4 Å². The fraction of sp³-hybridized carbons (Fsp3) is 0.269. The molecule has 0 saturated heterocycles. The number of ketones is 1. The summed E-state index contributed by atoms with van der Waals surface area (Å²) in [5, 5.41) is 0. The monoisotopic (exact) mass is 511 g/mol. The van der Waals surface area contributed by atoms with Crippen LogP contribution in [0.25, 0.3) is 0 Å². The Morgan fingerprint density at radius 1 is 1.00 bits per heavy atom. The van der Waals surface area contributed by atoms with Crippen molar-refractivity contribution in [3.8, 4) is 5.75 Å². The SMILES string of the molecule is COC(=O)C1=C(C(=O)OC)N(S(=O)(=O)c2ccc(C)cc2)C=C2C(=O)c3cc(C(C)C)ccc3OC21. The van der Waals surface area contributed by atoms with Crippen LogP contribution in [-0.2, 0) is 29.1 Å². The molecule has 0 amide bonds. The third kappa shape index (κ3) is 4.07. The largest absolute Gasteiger partial charge is 0.480 e. The van der Waals surface area contributed by atoms with Crippen LogP contribution < -0.4 is 4.74 Å². The minimum Gasteiger partial charge on any atom is -0.480 e. The number of hydrogen-bond donors (Lipinski definition) is 0. The topological polar surface area (TPSA) is 116 Å². The molecule has 2 heterocycles. The fourth-order valence-corrected chi connectivity index (χ4v) is 5.42. The van der Waals surface area contributed by atoms with Gasteiger partial charge in [0.25, 0.3) is 10.0 Å². The maximum absolute atomic E-state index is 13.7. The average Bonchev–Trinajstić information content (AvgIpc) is 2.86. The normalized spacial score (nSPS) is 17.2. The van der Waals surface area contributed by atoms with Crippen LogP contribution in [-0.4, -0.2) is 50.8 Å². The summed E-state index contributed by atoms with van der Waals surface area (Å²) in [6, 6.07) is 11.0. The molecule has 10 heteroatoms. The lowest BCUT2D eigenvalue weighted by atomic mass is 9.87. The zero-order valence-corrected chi connectivity index (χ0v) is 21.2. The molecule has 36 heavy (non-hydrogen) atoms. The number of sulfonamides is 1. The van der Waals surface area contributed by atoms with Gasteiger partial charge in [0.15, 0.2) is 17.6 Å². The highest BCUT2D eigenvalue weighted by Gasteiger charge is 2.48. The molecule has 0 aliphatic carbocycles. The van der Waals surface area contributed by atoms with E-state index in [1.54, 1.807) is 37.3 Å². The van der Waals surface area contributed by atoms with Gasteiger partial charge in [-0.05, 0) is 42.7 Å². The van der Waals surface area contributed by atoms with Crippen LogP contribution in [0.3, 0.4) is 0 Å². The Morgan fingerprint density at radius 3 is 2.22 bits per heavy atom. The highest BCUT2D eigenvalue weighted by Crippen LogP contribution is 2.41. The molecule has 0 spiro atoms. The molecular formula is C26H25NO8S. The number of Topliss-reactive ketones (excluding diaryl/α,β-unsaturated/α-hetero) is 1. The molecule has 2 aromatic carbocycles. The number of fused-ring (bicyclic) bond motifs is 2. The Bertz CT molecular complexity index is 1430. The molecule has 2 aliphatic rings. The van der Waals surface area contributed by atoms with Gasteiger partial charge in [-0.25, -0.2) is 22.3 Å². The number of rotatable bonds is 5. The summed E-state index contributed by atoms with van der Waals surface area (Å²) < 4.78 is 43.7. The van der Waals surface area contributed by atoms with E-state index < -0.39 is 45.1 Å². The standard InChI is InChI=1S/C26H25NO8S/c1-14(2)16-8-11-20-18(12-16)23(28)19-13-27(36(31,32)17-9-6-15(3)7-10-17)22(26(30)34-5)21(24(19)35-20)25(29)33-4/h6-14,24H,1-5H3. The molecule has 1 unspecified atom stereocenters. The van der Waals surface area contributed by atoms with Gasteiger partial charge in [-0.2, -0.15) is 0 Å². The highest BCUT2D eigenvalue weighted by molar-refractivity contribution is 7.89. The molecule has 188 valence electrons. The lowest BCUT2D eigenvalue weighted by Crippen LogP contribution is -2.45. The van der Waals surface area contributed by atoms with Crippen LogP contribution in [0.4, 0.5) is 0 Å². The van der Waals surface area contributed by atoms with Gasteiger partial charge in [0.2, 0.25) is 0 Å². The first-order valence-corrected chi connectivity index (χ1v) is 12.5. The summed E-state index contributed by atoms with van der Waals surface area (Å²) >= 11 is 0. The van der Waals surface area contributed by atoms with E-state index in [4.69, 9.17) is 14.2 Å². The molecule has 0 aromatic heterocycles. The molecule has 0 fully saturated rings. The van der Waals surface area contributed by atoms with E-state index in [2.05, 4.69) is 0 Å². The lowest BCUT2D eigenvalue weighted by Gasteiger charge is -2.36. The number of nitrogens with zero attached hydrogens (tertiary/aromatic N) is 1. The number of esters is 2. The maximum Gasteiger partial charge on any atom is 0.356 e. The summed E-state index contributed by atoms with van der Waals surface area (Å²) in [6.45, 7) is 5.73.